The molecule has 132 valence electrons. The minimum absolute atomic E-state index is 0.0195. The molecule has 0 aromatic heterocycles. The number of carbonyl (C=O) groups is 1. The Kier molecular flexibility index (Phi) is 6.39. The third kappa shape index (κ3) is 4.97. The van der Waals surface area contributed by atoms with Gasteiger partial charge in [0.05, 0.1) is 12.8 Å². The van der Waals surface area contributed by atoms with Gasteiger partial charge in [-0.05, 0) is 50.1 Å². The molecule has 0 radical (unpaired) electrons. The Morgan fingerprint density at radius 3 is 2.64 bits per heavy atom. The summed E-state index contributed by atoms with van der Waals surface area (Å²) >= 11 is 0. The van der Waals surface area contributed by atoms with Gasteiger partial charge in [-0.1, -0.05) is 18.2 Å². The highest BCUT2D eigenvalue weighted by molar-refractivity contribution is 5.86. The normalized spacial score (nSPS) is 10.7. The van der Waals surface area contributed by atoms with E-state index in [0.717, 1.165) is 11.1 Å². The standard InChI is InChI=1S/C19H22N2O4/c1-4-24-17-10-6-8-15(19(17)23)11-20-21-18(22)12-25-16-9-5-7-13(2)14(16)3/h5-11,23H,4,12H2,1-3H3,(H,21,22)/b20-11+. The van der Waals surface area contributed by atoms with Crippen LogP contribution < -0.4 is 14.9 Å². The van der Waals surface area contributed by atoms with Gasteiger partial charge in [-0.25, -0.2) is 5.43 Å². The fourth-order valence-electron chi connectivity index (χ4n) is 2.15. The molecule has 0 fully saturated rings. The zero-order valence-corrected chi connectivity index (χ0v) is 14.6. The van der Waals surface area contributed by atoms with Crippen molar-refractivity contribution in [3.8, 4) is 17.2 Å². The molecule has 0 atom stereocenters. The van der Waals surface area contributed by atoms with E-state index in [1.807, 2.05) is 39.0 Å². The lowest BCUT2D eigenvalue weighted by atomic mass is 10.1. The molecule has 0 bridgehead atoms. The van der Waals surface area contributed by atoms with Gasteiger partial charge in [0.2, 0.25) is 0 Å². The Labute approximate surface area is 147 Å². The molecule has 2 aromatic carbocycles. The Balaban J connectivity index is 1.90. The van der Waals surface area contributed by atoms with Crippen LogP contribution >= 0.6 is 0 Å². The molecule has 0 saturated carbocycles. The van der Waals surface area contributed by atoms with Gasteiger partial charge in [0, 0.05) is 5.56 Å². The third-order valence-electron chi connectivity index (χ3n) is 3.64. The van der Waals surface area contributed by atoms with Crippen LogP contribution in [-0.4, -0.2) is 30.4 Å². The zero-order chi connectivity index (χ0) is 18.2. The molecule has 2 rings (SSSR count). The molecule has 2 aromatic rings. The molecule has 2 N–H and O–H groups in total. The fraction of sp³-hybridized carbons (Fsp3) is 0.263. The van der Waals surface area contributed by atoms with E-state index in [4.69, 9.17) is 9.47 Å². The summed E-state index contributed by atoms with van der Waals surface area (Å²) < 4.78 is 10.8. The summed E-state index contributed by atoms with van der Waals surface area (Å²) in [6, 6.07) is 10.7. The van der Waals surface area contributed by atoms with E-state index in [-0.39, 0.29) is 12.4 Å². The van der Waals surface area contributed by atoms with Crippen molar-refractivity contribution >= 4 is 12.1 Å². The number of rotatable bonds is 7. The highest BCUT2D eigenvalue weighted by Gasteiger charge is 2.07. The molecule has 0 aliphatic heterocycles. The first-order valence-electron chi connectivity index (χ1n) is 7.98. The molecular formula is C19H22N2O4. The number of aryl methyl sites for hydroxylation is 1. The number of para-hydroxylation sites is 1. The Morgan fingerprint density at radius 2 is 1.88 bits per heavy atom. The summed E-state index contributed by atoms with van der Waals surface area (Å²) in [4.78, 5) is 11.8. The molecule has 6 nitrogen and oxygen atoms in total. The number of hydrazone groups is 1. The number of phenols is 1. The maximum atomic E-state index is 11.8. The van der Waals surface area contributed by atoms with E-state index in [2.05, 4.69) is 10.5 Å². The quantitative estimate of drug-likeness (QED) is 0.599. The topological polar surface area (TPSA) is 80.2 Å². The first-order valence-corrected chi connectivity index (χ1v) is 7.98. The summed E-state index contributed by atoms with van der Waals surface area (Å²) in [7, 11) is 0. The second kappa shape index (κ2) is 8.73. The molecule has 0 aliphatic rings. The van der Waals surface area contributed by atoms with Crippen molar-refractivity contribution in [3.05, 3.63) is 53.1 Å². The van der Waals surface area contributed by atoms with Crippen molar-refractivity contribution in [2.24, 2.45) is 5.10 Å². The van der Waals surface area contributed by atoms with Gasteiger partial charge < -0.3 is 14.6 Å². The van der Waals surface area contributed by atoms with Gasteiger partial charge in [0.15, 0.2) is 18.1 Å². The second-order valence-corrected chi connectivity index (χ2v) is 5.41. The lowest BCUT2D eigenvalue weighted by Gasteiger charge is -2.10. The number of aromatic hydroxyl groups is 1. The average molecular weight is 342 g/mol. The summed E-state index contributed by atoms with van der Waals surface area (Å²) in [6.45, 7) is 6.05. The van der Waals surface area contributed by atoms with Crippen LogP contribution in [-0.2, 0) is 4.79 Å². The van der Waals surface area contributed by atoms with Crippen LogP contribution in [0.25, 0.3) is 0 Å². The van der Waals surface area contributed by atoms with E-state index < -0.39 is 5.91 Å². The lowest BCUT2D eigenvalue weighted by molar-refractivity contribution is -0.123. The molecule has 0 spiro atoms. The van der Waals surface area contributed by atoms with Crippen LogP contribution in [0.15, 0.2) is 41.5 Å². The van der Waals surface area contributed by atoms with Crippen LogP contribution in [0.4, 0.5) is 0 Å². The van der Waals surface area contributed by atoms with Gasteiger partial charge in [-0.3, -0.25) is 4.79 Å². The first-order chi connectivity index (χ1) is 12.0. The zero-order valence-electron chi connectivity index (χ0n) is 14.6. The average Bonchev–Trinajstić information content (AvgIpc) is 2.59. The van der Waals surface area contributed by atoms with Crippen LogP contribution in [0.3, 0.4) is 0 Å². The van der Waals surface area contributed by atoms with Crippen molar-refractivity contribution in [2.45, 2.75) is 20.8 Å². The SMILES string of the molecule is CCOc1cccc(/C=N/NC(=O)COc2cccc(C)c2C)c1O. The Bertz CT molecular complexity index is 772. The summed E-state index contributed by atoms with van der Waals surface area (Å²) in [5.41, 5.74) is 4.91. The van der Waals surface area contributed by atoms with E-state index in [0.29, 0.717) is 23.7 Å². The number of amides is 1. The number of ether oxygens (including phenoxy) is 2. The third-order valence-corrected chi connectivity index (χ3v) is 3.64. The van der Waals surface area contributed by atoms with Crippen LogP contribution in [0, 0.1) is 13.8 Å². The smallest absolute Gasteiger partial charge is 0.277 e. The van der Waals surface area contributed by atoms with Crippen molar-refractivity contribution in [1.29, 1.82) is 0 Å². The first kappa shape index (κ1) is 18.3. The molecular weight excluding hydrogens is 320 g/mol. The molecule has 25 heavy (non-hydrogen) atoms. The number of benzene rings is 2. The van der Waals surface area contributed by atoms with Gasteiger partial charge in [0.25, 0.3) is 5.91 Å². The predicted molar refractivity (Wildman–Crippen MR) is 96.4 cm³/mol. The lowest BCUT2D eigenvalue weighted by Crippen LogP contribution is -2.24. The molecule has 1 amide bonds. The van der Waals surface area contributed by atoms with Gasteiger partial charge in [-0.15, -0.1) is 0 Å². The van der Waals surface area contributed by atoms with Crippen LogP contribution in [0.2, 0.25) is 0 Å². The van der Waals surface area contributed by atoms with Crippen molar-refractivity contribution in [1.82, 2.24) is 5.43 Å². The van der Waals surface area contributed by atoms with Crippen molar-refractivity contribution < 1.29 is 19.4 Å². The maximum Gasteiger partial charge on any atom is 0.277 e. The maximum absolute atomic E-state index is 11.8. The number of nitrogens with zero attached hydrogens (tertiary/aromatic N) is 1. The number of hydrogen-bond donors (Lipinski definition) is 2. The molecule has 0 aliphatic carbocycles. The fourth-order valence-corrected chi connectivity index (χ4v) is 2.15. The molecule has 0 saturated heterocycles. The highest BCUT2D eigenvalue weighted by atomic mass is 16.5. The summed E-state index contributed by atoms with van der Waals surface area (Å²) in [6.07, 6.45) is 1.35. The van der Waals surface area contributed by atoms with Crippen LogP contribution in [0.5, 0.6) is 17.2 Å². The number of hydrogen-bond acceptors (Lipinski definition) is 5. The van der Waals surface area contributed by atoms with Gasteiger partial charge in [-0.2, -0.15) is 5.10 Å². The van der Waals surface area contributed by atoms with Crippen molar-refractivity contribution in [3.63, 3.8) is 0 Å². The van der Waals surface area contributed by atoms with E-state index >= 15 is 0 Å². The largest absolute Gasteiger partial charge is 0.504 e. The van der Waals surface area contributed by atoms with E-state index in [1.165, 1.54) is 6.21 Å². The van der Waals surface area contributed by atoms with E-state index in [9.17, 15) is 9.90 Å². The number of phenolic OH excluding ortho intramolecular Hbond substituents is 1. The number of carbonyl (C=O) groups excluding carboxylic acids is 1. The predicted octanol–water partition coefficient (Wildman–Crippen LogP) is 2.94. The molecule has 0 heterocycles. The monoisotopic (exact) mass is 342 g/mol. The van der Waals surface area contributed by atoms with Crippen molar-refractivity contribution in [2.75, 3.05) is 13.2 Å². The summed E-state index contributed by atoms with van der Waals surface area (Å²) in [5, 5.41) is 13.9. The van der Waals surface area contributed by atoms with Gasteiger partial charge >= 0.3 is 0 Å². The molecule has 0 unspecified atom stereocenters. The summed E-state index contributed by atoms with van der Waals surface area (Å²) in [5.74, 6) is 0.629. The minimum Gasteiger partial charge on any atom is -0.504 e. The van der Waals surface area contributed by atoms with Crippen LogP contribution in [0.1, 0.15) is 23.6 Å². The minimum atomic E-state index is -0.391. The Hall–Kier alpha value is -3.02. The highest BCUT2D eigenvalue weighted by Crippen LogP contribution is 2.28. The second-order valence-electron chi connectivity index (χ2n) is 5.41. The Morgan fingerprint density at radius 1 is 1.16 bits per heavy atom. The van der Waals surface area contributed by atoms with E-state index in [1.54, 1.807) is 18.2 Å². The van der Waals surface area contributed by atoms with Gasteiger partial charge in [0.1, 0.15) is 5.75 Å². The number of nitrogens with one attached hydrogen (secondary N) is 1. The molecule has 6 heteroatoms.